The number of hydrogen-bond acceptors (Lipinski definition) is 3. The normalized spacial score (nSPS) is 12.4. The van der Waals surface area contributed by atoms with Gasteiger partial charge in [-0.3, -0.25) is 0 Å². The lowest BCUT2D eigenvalue weighted by Gasteiger charge is -2.17. The molecule has 2 aromatic rings. The van der Waals surface area contributed by atoms with Crippen LogP contribution in [-0.4, -0.2) is 17.0 Å². The van der Waals surface area contributed by atoms with Gasteiger partial charge in [-0.05, 0) is 33.0 Å². The first-order valence-corrected chi connectivity index (χ1v) is 5.84. The average Bonchev–Trinajstić information content (AvgIpc) is 2.35. The van der Waals surface area contributed by atoms with E-state index in [0.29, 0.717) is 11.4 Å². The first kappa shape index (κ1) is 12.6. The number of rotatable bonds is 3. The van der Waals surface area contributed by atoms with Gasteiger partial charge in [-0.15, -0.1) is 0 Å². The summed E-state index contributed by atoms with van der Waals surface area (Å²) in [5, 5.41) is 3.10. The van der Waals surface area contributed by atoms with Crippen LogP contribution in [0.3, 0.4) is 0 Å². The highest BCUT2D eigenvalue weighted by atomic mass is 19.1. The van der Waals surface area contributed by atoms with Gasteiger partial charge in [0.05, 0.1) is 11.7 Å². The molecule has 0 aliphatic heterocycles. The van der Waals surface area contributed by atoms with Crippen molar-refractivity contribution in [3.05, 3.63) is 58.9 Å². The number of nitrogens with zero attached hydrogens (tertiary/aromatic N) is 2. The Bertz CT molecular complexity index is 554. The van der Waals surface area contributed by atoms with Gasteiger partial charge in [-0.25, -0.2) is 14.4 Å². The van der Waals surface area contributed by atoms with Crippen LogP contribution in [0.4, 0.5) is 4.39 Å². The van der Waals surface area contributed by atoms with Gasteiger partial charge in [0.1, 0.15) is 11.6 Å². The van der Waals surface area contributed by atoms with Gasteiger partial charge in [0, 0.05) is 11.8 Å². The van der Waals surface area contributed by atoms with Crippen molar-refractivity contribution in [1.82, 2.24) is 15.3 Å². The average molecular weight is 245 g/mol. The molecule has 4 heteroatoms. The minimum absolute atomic E-state index is 0.226. The molecule has 0 saturated carbocycles. The van der Waals surface area contributed by atoms with Crippen molar-refractivity contribution < 1.29 is 4.39 Å². The number of hydrogen-bond donors (Lipinski definition) is 1. The van der Waals surface area contributed by atoms with E-state index in [1.54, 1.807) is 25.4 Å². The number of halogens is 1. The molecule has 0 spiro atoms. The van der Waals surface area contributed by atoms with Crippen molar-refractivity contribution >= 4 is 0 Å². The number of benzene rings is 1. The zero-order valence-electron chi connectivity index (χ0n) is 10.7. The molecule has 94 valence electrons. The molecule has 0 saturated heterocycles. The van der Waals surface area contributed by atoms with E-state index in [-0.39, 0.29) is 11.9 Å². The fraction of sp³-hybridized carbons (Fsp3) is 0.286. The maximum Gasteiger partial charge on any atom is 0.128 e. The minimum Gasteiger partial charge on any atom is -0.308 e. The highest BCUT2D eigenvalue weighted by Crippen LogP contribution is 2.23. The van der Waals surface area contributed by atoms with Gasteiger partial charge in [0.25, 0.3) is 0 Å². The topological polar surface area (TPSA) is 37.8 Å². The molecule has 0 radical (unpaired) electrons. The summed E-state index contributed by atoms with van der Waals surface area (Å²) in [4.78, 5) is 8.41. The Balaban J connectivity index is 2.48. The van der Waals surface area contributed by atoms with Crippen LogP contribution in [-0.2, 0) is 0 Å². The second kappa shape index (κ2) is 5.23. The summed E-state index contributed by atoms with van der Waals surface area (Å²) in [6.45, 7) is 3.77. The van der Waals surface area contributed by atoms with Crippen molar-refractivity contribution in [3.8, 4) is 0 Å². The lowest BCUT2D eigenvalue weighted by atomic mass is 10.0. The molecule has 1 atom stereocenters. The van der Waals surface area contributed by atoms with E-state index < -0.39 is 0 Å². The van der Waals surface area contributed by atoms with E-state index in [0.717, 1.165) is 11.3 Å². The van der Waals surface area contributed by atoms with Gasteiger partial charge in [-0.1, -0.05) is 17.7 Å². The molecule has 2 rings (SSSR count). The van der Waals surface area contributed by atoms with E-state index in [1.165, 1.54) is 6.07 Å². The highest BCUT2D eigenvalue weighted by Gasteiger charge is 2.17. The highest BCUT2D eigenvalue weighted by molar-refractivity contribution is 5.32. The Morgan fingerprint density at radius 3 is 2.67 bits per heavy atom. The fourth-order valence-electron chi connectivity index (χ4n) is 1.98. The first-order chi connectivity index (χ1) is 8.61. The summed E-state index contributed by atoms with van der Waals surface area (Å²) in [5.41, 5.74) is 2.41. The molecule has 1 aromatic heterocycles. The molecule has 3 nitrogen and oxygen atoms in total. The third-order valence-electron chi connectivity index (χ3n) is 2.84. The van der Waals surface area contributed by atoms with Crippen molar-refractivity contribution in [2.45, 2.75) is 19.9 Å². The number of aryl methyl sites for hydroxylation is 2. The second-order valence-electron chi connectivity index (χ2n) is 4.28. The molecule has 0 bridgehead atoms. The predicted molar refractivity (Wildman–Crippen MR) is 68.8 cm³/mol. The maximum atomic E-state index is 13.9. The molecular weight excluding hydrogens is 229 g/mol. The van der Waals surface area contributed by atoms with Crippen LogP contribution >= 0.6 is 0 Å². The van der Waals surface area contributed by atoms with E-state index in [2.05, 4.69) is 15.3 Å². The number of aromatic nitrogens is 2. The third kappa shape index (κ3) is 2.54. The molecule has 1 aromatic carbocycles. The van der Waals surface area contributed by atoms with Crippen LogP contribution < -0.4 is 5.32 Å². The summed E-state index contributed by atoms with van der Waals surface area (Å²) in [6.07, 6.45) is 1.69. The SMILES string of the molecule is CNC(c1ccnc(C)n1)c1cc(C)ccc1F. The Morgan fingerprint density at radius 1 is 1.22 bits per heavy atom. The molecule has 0 amide bonds. The zero-order chi connectivity index (χ0) is 13.1. The smallest absolute Gasteiger partial charge is 0.128 e. The summed E-state index contributed by atoms with van der Waals surface area (Å²) >= 11 is 0. The Morgan fingerprint density at radius 2 is 2.00 bits per heavy atom. The minimum atomic E-state index is -0.258. The monoisotopic (exact) mass is 245 g/mol. The van der Waals surface area contributed by atoms with Crippen LogP contribution in [0.5, 0.6) is 0 Å². The van der Waals surface area contributed by atoms with Crippen molar-refractivity contribution in [2.24, 2.45) is 0 Å². The molecule has 1 heterocycles. The zero-order valence-corrected chi connectivity index (χ0v) is 10.7. The molecular formula is C14H16FN3. The standard InChI is InChI=1S/C14H16FN3/c1-9-4-5-12(15)11(8-9)14(16-3)13-6-7-17-10(2)18-13/h4-8,14,16H,1-3H3. The molecule has 1 unspecified atom stereocenters. The lowest BCUT2D eigenvalue weighted by Crippen LogP contribution is -2.20. The lowest BCUT2D eigenvalue weighted by molar-refractivity contribution is 0.568. The first-order valence-electron chi connectivity index (χ1n) is 5.84. The van der Waals surface area contributed by atoms with Gasteiger partial charge >= 0.3 is 0 Å². The van der Waals surface area contributed by atoms with Crippen LogP contribution in [0.1, 0.15) is 28.7 Å². The molecule has 0 fully saturated rings. The Kier molecular flexibility index (Phi) is 3.67. The summed E-state index contributed by atoms with van der Waals surface area (Å²) in [7, 11) is 1.80. The summed E-state index contributed by atoms with van der Waals surface area (Å²) < 4.78 is 13.9. The van der Waals surface area contributed by atoms with E-state index >= 15 is 0 Å². The summed E-state index contributed by atoms with van der Waals surface area (Å²) in [5.74, 6) is 0.456. The molecule has 0 aliphatic rings. The van der Waals surface area contributed by atoms with Gasteiger partial charge < -0.3 is 5.32 Å². The Hall–Kier alpha value is -1.81. The van der Waals surface area contributed by atoms with E-state index in [9.17, 15) is 4.39 Å². The molecule has 18 heavy (non-hydrogen) atoms. The molecule has 0 aliphatic carbocycles. The van der Waals surface area contributed by atoms with Crippen molar-refractivity contribution in [3.63, 3.8) is 0 Å². The van der Waals surface area contributed by atoms with Crippen LogP contribution in [0.2, 0.25) is 0 Å². The maximum absolute atomic E-state index is 13.9. The Labute approximate surface area is 106 Å². The largest absolute Gasteiger partial charge is 0.308 e. The van der Waals surface area contributed by atoms with Crippen molar-refractivity contribution in [2.75, 3.05) is 7.05 Å². The van der Waals surface area contributed by atoms with Gasteiger partial charge in [-0.2, -0.15) is 0 Å². The van der Waals surface area contributed by atoms with Crippen LogP contribution in [0.15, 0.2) is 30.5 Å². The van der Waals surface area contributed by atoms with E-state index in [4.69, 9.17) is 0 Å². The van der Waals surface area contributed by atoms with Crippen LogP contribution in [0, 0.1) is 19.7 Å². The van der Waals surface area contributed by atoms with Gasteiger partial charge in [0.15, 0.2) is 0 Å². The molecule has 1 N–H and O–H groups in total. The summed E-state index contributed by atoms with van der Waals surface area (Å²) in [6, 6.07) is 6.63. The predicted octanol–water partition coefficient (Wildman–Crippen LogP) is 2.54. The quantitative estimate of drug-likeness (QED) is 0.903. The van der Waals surface area contributed by atoms with Gasteiger partial charge in [0.2, 0.25) is 0 Å². The third-order valence-corrected chi connectivity index (χ3v) is 2.84. The van der Waals surface area contributed by atoms with Crippen molar-refractivity contribution in [1.29, 1.82) is 0 Å². The fourth-order valence-corrected chi connectivity index (χ4v) is 1.98. The van der Waals surface area contributed by atoms with Crippen LogP contribution in [0.25, 0.3) is 0 Å². The van der Waals surface area contributed by atoms with E-state index in [1.807, 2.05) is 19.9 Å². The number of nitrogens with one attached hydrogen (secondary N) is 1. The second-order valence-corrected chi connectivity index (χ2v) is 4.28.